The van der Waals surface area contributed by atoms with Gasteiger partial charge in [0.2, 0.25) is 22.1 Å². The van der Waals surface area contributed by atoms with Crippen LogP contribution < -0.4 is 9.13 Å². The molecule has 0 N–H and O–H groups in total. The van der Waals surface area contributed by atoms with E-state index < -0.39 is 31.3 Å². The van der Waals surface area contributed by atoms with Crippen molar-refractivity contribution in [3.8, 4) is 33.4 Å². The van der Waals surface area contributed by atoms with E-state index in [4.69, 9.17) is 25.9 Å². The zero-order valence-corrected chi connectivity index (χ0v) is 37.6. The second-order valence-electron chi connectivity index (χ2n) is 15.4. The maximum atomic E-state index is 10.7. The van der Waals surface area contributed by atoms with Crippen molar-refractivity contribution in [3.63, 3.8) is 0 Å². The second-order valence-corrected chi connectivity index (χ2v) is 18.2. The molecule has 8 rings (SSSR count). The van der Waals surface area contributed by atoms with Crippen LogP contribution in [-0.4, -0.2) is 37.0 Å². The molecular weight excluding hydrogens is 903 g/mol. The lowest BCUT2D eigenvalue weighted by molar-refractivity contribution is -0.646. The van der Waals surface area contributed by atoms with E-state index in [9.17, 15) is 26.3 Å². The number of rotatable bonds is 11. The van der Waals surface area contributed by atoms with Crippen LogP contribution in [0.5, 0.6) is 0 Å². The molecule has 0 spiro atoms. The van der Waals surface area contributed by atoms with Crippen LogP contribution in [0, 0.1) is 0 Å². The highest BCUT2D eigenvalue weighted by molar-refractivity contribution is 7.86. The molecule has 0 atom stereocenters. The number of alkyl halides is 6. The summed E-state index contributed by atoms with van der Waals surface area (Å²) >= 11 is 0. The molecule has 16 heteroatoms. The standard InChI is InChI=1S/C48H46N2.2CHF3O3S/c1-3-5-19-33-49-43-29-15-11-25-39(43)47(40-26-12-16-30-44(40)49)37-23-9-7-21-35(37)36-22-8-10-24-38(36)48-41-27-13-17-31-45(41)50(34-20-6-4-2)46-32-18-14-28-42(46)48;2*2-1(3,4)8(5,6)7/h7-18,21-32H,3-6,19-20,33-34H2,1-2H3;2*(H,5,6,7)/q+2;;/p-2. The van der Waals surface area contributed by atoms with Crippen LogP contribution in [0.25, 0.3) is 77.0 Å². The van der Waals surface area contributed by atoms with Gasteiger partial charge >= 0.3 is 11.0 Å². The van der Waals surface area contributed by atoms with Gasteiger partial charge in [-0.15, -0.1) is 0 Å². The SMILES string of the molecule is CCCCC[n+]1c2ccccc2c(-c2ccccc2-c2ccccc2-c2c3ccccc3[n+](CCCCC)c3ccccc23)c2ccccc21.O=S(=O)([O-])C(F)(F)F.O=S(=O)([O-])C(F)(F)F. The summed E-state index contributed by atoms with van der Waals surface area (Å²) in [5.41, 5.74) is 1.58. The van der Waals surface area contributed by atoms with Crippen LogP contribution in [0.1, 0.15) is 52.4 Å². The number of aromatic nitrogens is 2. The molecule has 0 saturated heterocycles. The van der Waals surface area contributed by atoms with E-state index in [2.05, 4.69) is 169 Å². The monoisotopic (exact) mass is 948 g/mol. The van der Waals surface area contributed by atoms with Crippen LogP contribution in [0.4, 0.5) is 26.3 Å². The number of nitrogens with zero attached hydrogens (tertiary/aromatic N) is 2. The third-order valence-electron chi connectivity index (χ3n) is 11.1. The van der Waals surface area contributed by atoms with Crippen LogP contribution >= 0.6 is 0 Å². The molecule has 6 aromatic carbocycles. The number of benzene rings is 6. The van der Waals surface area contributed by atoms with E-state index in [1.807, 2.05) is 0 Å². The quantitative estimate of drug-likeness (QED) is 0.0318. The lowest BCUT2D eigenvalue weighted by atomic mass is 9.85. The zero-order valence-electron chi connectivity index (χ0n) is 35.9. The number of fused-ring (bicyclic) bond motifs is 4. The Hall–Kier alpha value is -5.94. The molecule has 2 aromatic heterocycles. The first-order valence-electron chi connectivity index (χ1n) is 21.2. The molecule has 0 fully saturated rings. The molecule has 0 amide bonds. The number of hydrogen-bond donors (Lipinski definition) is 0. The molecule has 0 saturated carbocycles. The Morgan fingerprint density at radius 2 is 0.621 bits per heavy atom. The molecule has 0 unspecified atom stereocenters. The molecule has 0 aliphatic rings. The Morgan fingerprint density at radius 1 is 0.394 bits per heavy atom. The summed E-state index contributed by atoms with van der Waals surface area (Å²) < 4.78 is 123. The fraction of sp³-hybridized carbons (Fsp3) is 0.240. The van der Waals surface area contributed by atoms with Crippen molar-refractivity contribution in [2.45, 2.75) is 76.5 Å². The van der Waals surface area contributed by atoms with Gasteiger partial charge in [0.05, 0.1) is 21.5 Å². The number of aryl methyl sites for hydroxylation is 2. The first-order valence-corrected chi connectivity index (χ1v) is 24.0. The maximum Gasteiger partial charge on any atom is 0.485 e. The van der Waals surface area contributed by atoms with Crippen LogP contribution in [-0.2, 0) is 33.3 Å². The maximum absolute atomic E-state index is 10.7. The van der Waals surface area contributed by atoms with Crippen LogP contribution in [0.3, 0.4) is 0 Å². The normalized spacial score (nSPS) is 12.2. The van der Waals surface area contributed by atoms with E-state index in [1.165, 1.54) is 116 Å². The number of hydrogen-bond acceptors (Lipinski definition) is 6. The van der Waals surface area contributed by atoms with Gasteiger partial charge in [-0.05, 0) is 59.4 Å². The minimum atomic E-state index is -6.09. The van der Waals surface area contributed by atoms with Crippen molar-refractivity contribution in [1.29, 1.82) is 0 Å². The molecule has 0 aliphatic heterocycles. The van der Waals surface area contributed by atoms with Gasteiger partial charge in [-0.3, -0.25) is 0 Å². The molecule has 346 valence electrons. The highest BCUT2D eigenvalue weighted by Crippen LogP contribution is 2.45. The van der Waals surface area contributed by atoms with Gasteiger partial charge in [0, 0.05) is 48.2 Å². The van der Waals surface area contributed by atoms with Crippen molar-refractivity contribution in [2.75, 3.05) is 0 Å². The predicted octanol–water partition coefficient (Wildman–Crippen LogP) is 12.4. The lowest BCUT2D eigenvalue weighted by Gasteiger charge is -2.19. The van der Waals surface area contributed by atoms with E-state index in [0.717, 1.165) is 13.1 Å². The van der Waals surface area contributed by atoms with E-state index in [-0.39, 0.29) is 0 Å². The summed E-state index contributed by atoms with van der Waals surface area (Å²) in [5, 5.41) is 5.21. The van der Waals surface area contributed by atoms with Crippen molar-refractivity contribution in [3.05, 3.63) is 146 Å². The Bertz CT molecular complexity index is 2900. The predicted molar refractivity (Wildman–Crippen MR) is 244 cm³/mol. The van der Waals surface area contributed by atoms with Gasteiger partial charge in [0.1, 0.15) is 13.1 Å². The van der Waals surface area contributed by atoms with Crippen molar-refractivity contribution in [1.82, 2.24) is 0 Å². The molecule has 8 nitrogen and oxygen atoms in total. The van der Waals surface area contributed by atoms with E-state index in [1.54, 1.807) is 0 Å². The molecular formula is C50H46F6N2O6S2. The van der Waals surface area contributed by atoms with Crippen LogP contribution in [0.15, 0.2) is 146 Å². The van der Waals surface area contributed by atoms with E-state index >= 15 is 0 Å². The Balaban J connectivity index is 0.000000386. The number of pyridine rings is 2. The van der Waals surface area contributed by atoms with Crippen molar-refractivity contribution < 1.29 is 61.4 Å². The molecule has 8 aromatic rings. The Kier molecular flexibility index (Phi) is 15.5. The largest absolute Gasteiger partial charge is 0.741 e. The first kappa shape index (κ1) is 49.5. The van der Waals surface area contributed by atoms with Crippen LogP contribution in [0.2, 0.25) is 0 Å². The summed E-state index contributed by atoms with van der Waals surface area (Å²) in [5.74, 6) is 0. The second kappa shape index (κ2) is 20.7. The highest BCUT2D eigenvalue weighted by Gasteiger charge is 2.37. The summed E-state index contributed by atoms with van der Waals surface area (Å²) in [6, 6.07) is 54.3. The molecule has 2 heterocycles. The third kappa shape index (κ3) is 10.8. The molecule has 0 radical (unpaired) electrons. The summed E-state index contributed by atoms with van der Waals surface area (Å²) in [6.07, 6.45) is 7.25. The molecule has 0 aliphatic carbocycles. The Morgan fingerprint density at radius 3 is 0.864 bits per heavy atom. The minimum absolute atomic E-state index is 1.02. The van der Waals surface area contributed by atoms with Gasteiger partial charge in [-0.1, -0.05) is 124 Å². The van der Waals surface area contributed by atoms with Crippen molar-refractivity contribution in [2.24, 2.45) is 0 Å². The fourth-order valence-electron chi connectivity index (χ4n) is 8.21. The number of halogens is 6. The highest BCUT2D eigenvalue weighted by atomic mass is 32.2. The first-order chi connectivity index (χ1) is 31.3. The number of para-hydroxylation sites is 4. The summed E-state index contributed by atoms with van der Waals surface area (Å²) in [6.45, 7) is 6.61. The van der Waals surface area contributed by atoms with Gasteiger partial charge in [0.25, 0.3) is 0 Å². The fourth-order valence-corrected chi connectivity index (χ4v) is 8.21. The lowest BCUT2D eigenvalue weighted by Crippen LogP contribution is -2.36. The van der Waals surface area contributed by atoms with Gasteiger partial charge < -0.3 is 9.11 Å². The molecule has 0 bridgehead atoms. The third-order valence-corrected chi connectivity index (χ3v) is 12.2. The molecule has 66 heavy (non-hydrogen) atoms. The zero-order chi connectivity index (χ0) is 47.9. The minimum Gasteiger partial charge on any atom is -0.741 e. The van der Waals surface area contributed by atoms with E-state index in [0.29, 0.717) is 0 Å². The van der Waals surface area contributed by atoms with Crippen molar-refractivity contribution >= 4 is 63.8 Å². The van der Waals surface area contributed by atoms with Gasteiger partial charge in [-0.2, -0.15) is 35.5 Å². The van der Waals surface area contributed by atoms with Gasteiger partial charge in [-0.25, -0.2) is 16.8 Å². The Labute approximate surface area is 379 Å². The average Bonchev–Trinajstić information content (AvgIpc) is 3.28. The topological polar surface area (TPSA) is 122 Å². The smallest absolute Gasteiger partial charge is 0.485 e. The average molecular weight is 949 g/mol. The van der Waals surface area contributed by atoms with Gasteiger partial charge in [0.15, 0.2) is 20.2 Å². The summed E-state index contributed by atoms with van der Waals surface area (Å²) in [4.78, 5) is 0. The summed E-state index contributed by atoms with van der Waals surface area (Å²) in [7, 11) is -12.2. The number of unbranched alkanes of at least 4 members (excludes halogenated alkanes) is 4.